The van der Waals surface area contributed by atoms with Crippen LogP contribution in [0.4, 0.5) is 0 Å². The van der Waals surface area contributed by atoms with Gasteiger partial charge in [-0.1, -0.05) is 60.7 Å². The van der Waals surface area contributed by atoms with E-state index in [1.54, 1.807) is 6.07 Å². The van der Waals surface area contributed by atoms with Crippen molar-refractivity contribution in [3.8, 4) is 11.5 Å². The summed E-state index contributed by atoms with van der Waals surface area (Å²) in [4.78, 5) is 11.4. The van der Waals surface area contributed by atoms with Crippen LogP contribution in [0, 0.1) is 6.92 Å². The third-order valence-electron chi connectivity index (χ3n) is 3.93. The molecule has 3 nitrogen and oxygen atoms in total. The van der Waals surface area contributed by atoms with Gasteiger partial charge in [0, 0.05) is 6.07 Å². The molecular weight excluding hydrogens is 312 g/mol. The summed E-state index contributed by atoms with van der Waals surface area (Å²) in [7, 11) is 0. The van der Waals surface area contributed by atoms with Crippen LogP contribution in [0.3, 0.4) is 0 Å². The highest BCUT2D eigenvalue weighted by molar-refractivity contribution is 5.82. The number of aldehydes is 1. The molecule has 0 aromatic heterocycles. The van der Waals surface area contributed by atoms with Crippen LogP contribution in [-0.4, -0.2) is 6.29 Å². The van der Waals surface area contributed by atoms with Gasteiger partial charge in [0.1, 0.15) is 24.7 Å². The molecule has 0 heterocycles. The van der Waals surface area contributed by atoms with Crippen LogP contribution < -0.4 is 9.47 Å². The minimum atomic E-state index is 0.406. The fraction of sp³-hybridized carbons (Fsp3) is 0.136. The minimum Gasteiger partial charge on any atom is -0.489 e. The van der Waals surface area contributed by atoms with Crippen molar-refractivity contribution in [2.75, 3.05) is 0 Å². The molecule has 25 heavy (non-hydrogen) atoms. The second kappa shape index (κ2) is 8.15. The van der Waals surface area contributed by atoms with Gasteiger partial charge < -0.3 is 9.47 Å². The molecule has 3 aromatic carbocycles. The quantitative estimate of drug-likeness (QED) is 0.573. The second-order valence-electron chi connectivity index (χ2n) is 5.82. The van der Waals surface area contributed by atoms with E-state index in [0.29, 0.717) is 30.3 Å². The second-order valence-corrected chi connectivity index (χ2v) is 5.82. The van der Waals surface area contributed by atoms with Crippen LogP contribution in [0.1, 0.15) is 27.0 Å². The first-order chi connectivity index (χ1) is 12.3. The Kier molecular flexibility index (Phi) is 5.47. The maximum absolute atomic E-state index is 11.4. The van der Waals surface area contributed by atoms with Crippen LogP contribution in [0.2, 0.25) is 0 Å². The highest BCUT2D eigenvalue weighted by atomic mass is 16.5. The van der Waals surface area contributed by atoms with Crippen molar-refractivity contribution in [3.05, 3.63) is 95.1 Å². The molecule has 0 fully saturated rings. The molecule has 126 valence electrons. The molecule has 0 bridgehead atoms. The third-order valence-corrected chi connectivity index (χ3v) is 3.93. The summed E-state index contributed by atoms with van der Waals surface area (Å²) in [5, 5.41) is 0. The lowest BCUT2D eigenvalue weighted by Crippen LogP contribution is -2.02. The van der Waals surface area contributed by atoms with Crippen molar-refractivity contribution in [1.29, 1.82) is 0 Å². The van der Waals surface area contributed by atoms with E-state index in [1.807, 2.05) is 73.7 Å². The topological polar surface area (TPSA) is 35.5 Å². The first kappa shape index (κ1) is 16.8. The average molecular weight is 332 g/mol. The molecule has 0 unspecified atom stereocenters. The molecule has 0 aliphatic heterocycles. The van der Waals surface area contributed by atoms with Gasteiger partial charge in [-0.05, 0) is 29.7 Å². The van der Waals surface area contributed by atoms with Gasteiger partial charge in [0.25, 0.3) is 0 Å². The summed E-state index contributed by atoms with van der Waals surface area (Å²) < 4.78 is 11.7. The van der Waals surface area contributed by atoms with Crippen molar-refractivity contribution >= 4 is 6.29 Å². The van der Waals surface area contributed by atoms with Gasteiger partial charge in [0.2, 0.25) is 0 Å². The Labute approximate surface area is 147 Å². The number of carbonyl (C=O) groups is 1. The number of carbonyl (C=O) groups excluding carboxylic acids is 1. The fourth-order valence-corrected chi connectivity index (χ4v) is 2.56. The van der Waals surface area contributed by atoms with E-state index in [-0.39, 0.29) is 0 Å². The molecular formula is C22H20O3. The Bertz CT molecular complexity index is 827. The Hall–Kier alpha value is -3.07. The van der Waals surface area contributed by atoms with Gasteiger partial charge >= 0.3 is 0 Å². The van der Waals surface area contributed by atoms with Crippen LogP contribution in [0.25, 0.3) is 0 Å². The standard InChI is InChI=1S/C22H20O3/c1-17-12-20(24-15-18-8-4-2-5-9-18)13-22(21(17)14-23)25-16-19-10-6-3-7-11-19/h2-14H,15-16H2,1H3. The molecule has 3 aromatic rings. The van der Waals surface area contributed by atoms with E-state index in [1.165, 1.54) is 0 Å². The van der Waals surface area contributed by atoms with Gasteiger partial charge in [0.15, 0.2) is 6.29 Å². The molecule has 0 saturated carbocycles. The van der Waals surface area contributed by atoms with E-state index in [2.05, 4.69) is 0 Å². The molecule has 0 radical (unpaired) electrons. The first-order valence-corrected chi connectivity index (χ1v) is 8.19. The van der Waals surface area contributed by atoms with E-state index in [9.17, 15) is 4.79 Å². The first-order valence-electron chi connectivity index (χ1n) is 8.19. The van der Waals surface area contributed by atoms with Gasteiger partial charge in [-0.2, -0.15) is 0 Å². The maximum atomic E-state index is 11.4. The molecule has 0 saturated heterocycles. The Morgan fingerprint density at radius 3 is 1.92 bits per heavy atom. The highest BCUT2D eigenvalue weighted by Crippen LogP contribution is 2.28. The monoisotopic (exact) mass is 332 g/mol. The van der Waals surface area contributed by atoms with Crippen LogP contribution in [-0.2, 0) is 13.2 Å². The Morgan fingerprint density at radius 2 is 1.36 bits per heavy atom. The number of benzene rings is 3. The zero-order chi connectivity index (χ0) is 17.5. The summed E-state index contributed by atoms with van der Waals surface area (Å²) in [5.74, 6) is 1.23. The predicted molar refractivity (Wildman–Crippen MR) is 98.1 cm³/mol. The highest BCUT2D eigenvalue weighted by Gasteiger charge is 2.10. The number of hydrogen-bond acceptors (Lipinski definition) is 3. The molecule has 0 N–H and O–H groups in total. The maximum Gasteiger partial charge on any atom is 0.154 e. The lowest BCUT2D eigenvalue weighted by molar-refractivity contribution is 0.111. The molecule has 3 heteroatoms. The van der Waals surface area contributed by atoms with Gasteiger partial charge in [-0.3, -0.25) is 4.79 Å². The largest absolute Gasteiger partial charge is 0.489 e. The molecule has 0 atom stereocenters. The SMILES string of the molecule is Cc1cc(OCc2ccccc2)cc(OCc2ccccc2)c1C=O. The Morgan fingerprint density at radius 1 is 0.800 bits per heavy atom. The molecule has 3 rings (SSSR count). The molecule has 0 aliphatic carbocycles. The van der Waals surface area contributed by atoms with Crippen molar-refractivity contribution in [3.63, 3.8) is 0 Å². The summed E-state index contributed by atoms with van der Waals surface area (Å²) in [6.45, 7) is 2.76. The van der Waals surface area contributed by atoms with E-state index < -0.39 is 0 Å². The number of ether oxygens (including phenoxy) is 2. The van der Waals surface area contributed by atoms with E-state index >= 15 is 0 Å². The summed E-state index contributed by atoms with van der Waals surface area (Å²) in [6, 6.07) is 23.5. The normalized spacial score (nSPS) is 10.3. The van der Waals surface area contributed by atoms with Gasteiger partial charge in [-0.15, -0.1) is 0 Å². The fourth-order valence-electron chi connectivity index (χ4n) is 2.56. The molecule has 0 aliphatic rings. The summed E-state index contributed by atoms with van der Waals surface area (Å²) in [5.41, 5.74) is 3.53. The number of rotatable bonds is 7. The van der Waals surface area contributed by atoms with Crippen molar-refractivity contribution < 1.29 is 14.3 Å². The van der Waals surface area contributed by atoms with E-state index in [0.717, 1.165) is 23.0 Å². The van der Waals surface area contributed by atoms with E-state index in [4.69, 9.17) is 9.47 Å². The zero-order valence-electron chi connectivity index (χ0n) is 14.1. The lowest BCUT2D eigenvalue weighted by Gasteiger charge is -2.14. The average Bonchev–Trinajstić information content (AvgIpc) is 2.66. The van der Waals surface area contributed by atoms with Crippen molar-refractivity contribution in [2.45, 2.75) is 20.1 Å². The molecule has 0 amide bonds. The third kappa shape index (κ3) is 4.48. The van der Waals surface area contributed by atoms with Gasteiger partial charge in [-0.25, -0.2) is 0 Å². The predicted octanol–water partition coefficient (Wildman–Crippen LogP) is 4.97. The van der Waals surface area contributed by atoms with Crippen LogP contribution in [0.5, 0.6) is 11.5 Å². The lowest BCUT2D eigenvalue weighted by atomic mass is 10.1. The zero-order valence-corrected chi connectivity index (χ0v) is 14.1. The number of hydrogen-bond donors (Lipinski definition) is 0. The van der Waals surface area contributed by atoms with Crippen LogP contribution >= 0.6 is 0 Å². The van der Waals surface area contributed by atoms with Gasteiger partial charge in [0.05, 0.1) is 5.56 Å². The summed E-state index contributed by atoms with van der Waals surface area (Å²) in [6.07, 6.45) is 0.830. The van der Waals surface area contributed by atoms with Crippen molar-refractivity contribution in [2.24, 2.45) is 0 Å². The molecule has 0 spiro atoms. The van der Waals surface area contributed by atoms with Crippen molar-refractivity contribution in [1.82, 2.24) is 0 Å². The smallest absolute Gasteiger partial charge is 0.154 e. The minimum absolute atomic E-state index is 0.406. The van der Waals surface area contributed by atoms with Crippen LogP contribution in [0.15, 0.2) is 72.8 Å². The Balaban J connectivity index is 1.76. The summed E-state index contributed by atoms with van der Waals surface area (Å²) >= 11 is 0. The number of aryl methyl sites for hydroxylation is 1.